The van der Waals surface area contributed by atoms with Crippen LogP contribution in [0.1, 0.15) is 23.7 Å². The second-order valence-electron chi connectivity index (χ2n) is 5.43. The molecule has 0 spiro atoms. The van der Waals surface area contributed by atoms with Gasteiger partial charge in [0.2, 0.25) is 0 Å². The number of benzene rings is 2. The van der Waals surface area contributed by atoms with E-state index in [1.165, 1.54) is 7.11 Å². The average Bonchev–Trinajstić information content (AvgIpc) is 2.69. The summed E-state index contributed by atoms with van der Waals surface area (Å²) in [6.45, 7) is 2.18. The van der Waals surface area contributed by atoms with Gasteiger partial charge >= 0.3 is 0 Å². The molecule has 0 saturated heterocycles. The van der Waals surface area contributed by atoms with E-state index in [0.29, 0.717) is 29.4 Å². The van der Waals surface area contributed by atoms with Gasteiger partial charge in [0, 0.05) is 4.47 Å². The lowest BCUT2D eigenvalue weighted by atomic mass is 10.2. The van der Waals surface area contributed by atoms with Gasteiger partial charge in [-0.05, 0) is 36.8 Å². The van der Waals surface area contributed by atoms with Crippen molar-refractivity contribution in [3.8, 4) is 17.2 Å². The molecule has 144 valence electrons. The summed E-state index contributed by atoms with van der Waals surface area (Å²) >= 11 is 3.32. The molecule has 2 amide bonds. The Hall–Kier alpha value is -2.74. The molecule has 0 aromatic heterocycles. The van der Waals surface area contributed by atoms with E-state index in [0.717, 1.165) is 10.9 Å². The molecule has 0 bridgehead atoms. The van der Waals surface area contributed by atoms with Gasteiger partial charge in [-0.25, -0.2) is 0 Å². The molecular weight excluding hydrogens is 416 g/mol. The van der Waals surface area contributed by atoms with Gasteiger partial charge in [0.05, 0.1) is 19.3 Å². The lowest BCUT2D eigenvalue weighted by Crippen LogP contribution is -2.44. The molecule has 2 rings (SSSR count). The third-order valence-electron chi connectivity index (χ3n) is 3.39. The Kier molecular flexibility index (Phi) is 7.94. The van der Waals surface area contributed by atoms with Gasteiger partial charge in [-0.3, -0.25) is 20.4 Å². The van der Waals surface area contributed by atoms with Gasteiger partial charge in [-0.1, -0.05) is 35.0 Å². The summed E-state index contributed by atoms with van der Waals surface area (Å²) in [5.41, 5.74) is 4.98. The van der Waals surface area contributed by atoms with Gasteiger partial charge < -0.3 is 14.2 Å². The number of halogens is 1. The van der Waals surface area contributed by atoms with Gasteiger partial charge in [-0.2, -0.15) is 0 Å². The average molecular weight is 437 g/mol. The molecule has 8 heteroatoms. The zero-order chi connectivity index (χ0) is 19.6. The van der Waals surface area contributed by atoms with Crippen LogP contribution >= 0.6 is 15.9 Å². The third-order valence-corrected chi connectivity index (χ3v) is 3.88. The van der Waals surface area contributed by atoms with Crippen LogP contribution in [0.3, 0.4) is 0 Å². The highest BCUT2D eigenvalue weighted by Gasteiger charge is 2.15. The van der Waals surface area contributed by atoms with Crippen LogP contribution in [0.15, 0.2) is 46.9 Å². The zero-order valence-electron chi connectivity index (χ0n) is 15.1. The highest BCUT2D eigenvalue weighted by Crippen LogP contribution is 2.25. The fourth-order valence-corrected chi connectivity index (χ4v) is 2.49. The van der Waals surface area contributed by atoms with Crippen LogP contribution in [-0.4, -0.2) is 32.1 Å². The maximum atomic E-state index is 12.4. The van der Waals surface area contributed by atoms with Gasteiger partial charge in [0.1, 0.15) is 5.75 Å². The van der Waals surface area contributed by atoms with Gasteiger partial charge in [-0.15, -0.1) is 0 Å². The van der Waals surface area contributed by atoms with E-state index in [9.17, 15) is 9.59 Å². The molecule has 0 unspecified atom stereocenters. The molecule has 2 aromatic rings. The molecule has 2 aromatic carbocycles. The Morgan fingerprint density at radius 2 is 1.74 bits per heavy atom. The summed E-state index contributed by atoms with van der Waals surface area (Å²) in [5, 5.41) is 0. The quantitative estimate of drug-likeness (QED) is 0.620. The number of ether oxygens (including phenoxy) is 3. The largest absolute Gasteiger partial charge is 0.493 e. The van der Waals surface area contributed by atoms with Crippen molar-refractivity contribution in [3.05, 3.63) is 52.5 Å². The normalized spacial score (nSPS) is 10.0. The van der Waals surface area contributed by atoms with E-state index < -0.39 is 11.8 Å². The van der Waals surface area contributed by atoms with Crippen molar-refractivity contribution in [1.29, 1.82) is 0 Å². The number of amides is 2. The van der Waals surface area contributed by atoms with Crippen molar-refractivity contribution in [2.24, 2.45) is 0 Å². The molecule has 0 fully saturated rings. The van der Waals surface area contributed by atoms with E-state index in [2.05, 4.69) is 26.8 Å². The molecule has 0 saturated carbocycles. The summed E-state index contributed by atoms with van der Waals surface area (Å²) < 4.78 is 16.8. The van der Waals surface area contributed by atoms with Crippen LogP contribution in [0.25, 0.3) is 0 Å². The minimum Gasteiger partial charge on any atom is -0.493 e. The summed E-state index contributed by atoms with van der Waals surface area (Å²) in [4.78, 5) is 24.3. The molecule has 0 heterocycles. The summed E-state index contributed by atoms with van der Waals surface area (Å²) in [6.07, 6.45) is 0.814. The van der Waals surface area contributed by atoms with E-state index in [1.807, 2.05) is 6.92 Å². The molecule has 0 aliphatic carbocycles. The number of hydrogen-bond donors (Lipinski definition) is 2. The molecule has 2 N–H and O–H groups in total. The third kappa shape index (κ3) is 6.18. The van der Waals surface area contributed by atoms with Gasteiger partial charge in [0.15, 0.2) is 18.1 Å². The van der Waals surface area contributed by atoms with Crippen LogP contribution in [0.4, 0.5) is 0 Å². The smallest absolute Gasteiger partial charge is 0.276 e. The Balaban J connectivity index is 1.91. The number of nitrogens with one attached hydrogen (secondary N) is 2. The molecular formula is C19H21BrN2O5. The van der Waals surface area contributed by atoms with E-state index >= 15 is 0 Å². The Bertz CT molecular complexity index is 797. The number of carbonyl (C=O) groups excluding carboxylic acids is 2. The Labute approximate surface area is 166 Å². The Morgan fingerprint density at radius 3 is 2.44 bits per heavy atom. The predicted molar refractivity (Wildman–Crippen MR) is 104 cm³/mol. The maximum Gasteiger partial charge on any atom is 0.276 e. The van der Waals surface area contributed by atoms with Crippen LogP contribution in [0, 0.1) is 0 Å². The molecule has 0 atom stereocenters. The predicted octanol–water partition coefficient (Wildman–Crippen LogP) is 3.09. The number of carbonyl (C=O) groups is 2. The lowest BCUT2D eigenvalue weighted by molar-refractivity contribution is -0.123. The second-order valence-corrected chi connectivity index (χ2v) is 6.35. The molecule has 0 aliphatic heterocycles. The van der Waals surface area contributed by atoms with Crippen molar-refractivity contribution in [2.75, 3.05) is 20.3 Å². The van der Waals surface area contributed by atoms with Crippen LogP contribution in [-0.2, 0) is 4.79 Å². The standard InChI is InChI=1S/C19H21BrN2O5/c1-3-10-26-15-9-8-13(20)11-14(15)19(24)22-21-18(23)12-27-17-7-5-4-6-16(17)25-2/h4-9,11H,3,10,12H2,1-2H3,(H,21,23)(H,22,24). The number of methoxy groups -OCH3 is 1. The molecule has 7 nitrogen and oxygen atoms in total. The van der Waals surface area contributed by atoms with E-state index in [4.69, 9.17) is 14.2 Å². The van der Waals surface area contributed by atoms with Crippen LogP contribution in [0.5, 0.6) is 17.2 Å². The first kappa shape index (κ1) is 20.6. The second kappa shape index (κ2) is 10.4. The summed E-state index contributed by atoms with van der Waals surface area (Å²) in [7, 11) is 1.51. The summed E-state index contributed by atoms with van der Waals surface area (Å²) in [5.74, 6) is 0.385. The Morgan fingerprint density at radius 1 is 1.00 bits per heavy atom. The fraction of sp³-hybridized carbons (Fsp3) is 0.263. The fourth-order valence-electron chi connectivity index (χ4n) is 2.13. The van der Waals surface area contributed by atoms with Crippen molar-refractivity contribution in [2.45, 2.75) is 13.3 Å². The SMILES string of the molecule is CCCOc1ccc(Br)cc1C(=O)NNC(=O)COc1ccccc1OC. The highest BCUT2D eigenvalue weighted by molar-refractivity contribution is 9.10. The van der Waals surface area contributed by atoms with E-state index in [-0.39, 0.29) is 6.61 Å². The summed E-state index contributed by atoms with van der Waals surface area (Å²) in [6, 6.07) is 12.1. The molecule has 27 heavy (non-hydrogen) atoms. The van der Waals surface area contributed by atoms with Crippen molar-refractivity contribution in [1.82, 2.24) is 10.9 Å². The first-order valence-corrected chi connectivity index (χ1v) is 9.11. The zero-order valence-corrected chi connectivity index (χ0v) is 16.7. The lowest BCUT2D eigenvalue weighted by Gasteiger charge is -2.13. The highest BCUT2D eigenvalue weighted by atomic mass is 79.9. The minimum atomic E-state index is -0.514. The van der Waals surface area contributed by atoms with Crippen molar-refractivity contribution >= 4 is 27.7 Å². The minimum absolute atomic E-state index is 0.279. The molecule has 0 radical (unpaired) electrons. The van der Waals surface area contributed by atoms with Crippen LogP contribution < -0.4 is 25.1 Å². The van der Waals surface area contributed by atoms with Crippen molar-refractivity contribution < 1.29 is 23.8 Å². The van der Waals surface area contributed by atoms with Gasteiger partial charge in [0.25, 0.3) is 11.8 Å². The van der Waals surface area contributed by atoms with E-state index in [1.54, 1.807) is 42.5 Å². The number of rotatable bonds is 8. The van der Waals surface area contributed by atoms with Crippen molar-refractivity contribution in [3.63, 3.8) is 0 Å². The number of para-hydroxylation sites is 2. The molecule has 0 aliphatic rings. The van der Waals surface area contributed by atoms with Crippen LogP contribution in [0.2, 0.25) is 0 Å². The number of hydrogen-bond acceptors (Lipinski definition) is 5. The first-order chi connectivity index (χ1) is 13.0. The first-order valence-electron chi connectivity index (χ1n) is 8.32. The topological polar surface area (TPSA) is 85.9 Å². The monoisotopic (exact) mass is 436 g/mol. The number of hydrazine groups is 1. The maximum absolute atomic E-state index is 12.4.